The number of rotatable bonds is 2. The molecule has 1 aromatic rings. The highest BCUT2D eigenvalue weighted by molar-refractivity contribution is 6.31. The van der Waals surface area contributed by atoms with Crippen LogP contribution in [0.25, 0.3) is 0 Å². The zero-order valence-electron chi connectivity index (χ0n) is 9.43. The van der Waals surface area contributed by atoms with E-state index in [4.69, 9.17) is 11.6 Å². The Morgan fingerprint density at radius 3 is 2.88 bits per heavy atom. The zero-order chi connectivity index (χ0) is 12.0. The second kappa shape index (κ2) is 6.19. The highest BCUT2D eigenvalue weighted by Gasteiger charge is 1.94. The van der Waals surface area contributed by atoms with Gasteiger partial charge in [-0.15, -0.1) is 0 Å². The van der Waals surface area contributed by atoms with E-state index in [1.807, 2.05) is 25.1 Å². The summed E-state index contributed by atoms with van der Waals surface area (Å²) in [7, 11) is 0. The molecule has 0 aromatic heterocycles. The first-order valence-corrected chi connectivity index (χ1v) is 5.47. The molecule has 0 saturated carbocycles. The predicted octanol–water partition coefficient (Wildman–Crippen LogP) is 2.53. The molecule has 1 rings (SSSR count). The molecule has 0 atom stereocenters. The minimum atomic E-state index is -0.0276. The Hall–Kier alpha value is -1.46. The Kier molecular flexibility index (Phi) is 4.88. The van der Waals surface area contributed by atoms with E-state index in [1.54, 1.807) is 0 Å². The lowest BCUT2D eigenvalue weighted by molar-refractivity contribution is -0.118. The van der Waals surface area contributed by atoms with Gasteiger partial charge in [0.05, 0.1) is 0 Å². The second-order valence-electron chi connectivity index (χ2n) is 3.50. The lowest BCUT2D eigenvalue weighted by Gasteiger charge is -1.97. The van der Waals surface area contributed by atoms with Gasteiger partial charge in [-0.25, -0.2) is 0 Å². The summed E-state index contributed by atoms with van der Waals surface area (Å²) in [5.74, 6) is 5.95. The van der Waals surface area contributed by atoms with Gasteiger partial charge < -0.3 is 5.32 Å². The third-order valence-electron chi connectivity index (χ3n) is 2.03. The summed E-state index contributed by atoms with van der Waals surface area (Å²) in [5, 5.41) is 3.42. The number of halogens is 1. The van der Waals surface area contributed by atoms with Crippen LogP contribution >= 0.6 is 11.6 Å². The van der Waals surface area contributed by atoms with Crippen molar-refractivity contribution < 1.29 is 4.79 Å². The average molecular weight is 236 g/mol. The molecular weight excluding hydrogens is 222 g/mol. The molecule has 0 fully saturated rings. The van der Waals surface area contributed by atoms with Crippen molar-refractivity contribution in [3.63, 3.8) is 0 Å². The van der Waals surface area contributed by atoms with Crippen molar-refractivity contribution in [2.75, 3.05) is 6.54 Å². The van der Waals surface area contributed by atoms with Crippen LogP contribution in [0.5, 0.6) is 0 Å². The van der Waals surface area contributed by atoms with Crippen molar-refractivity contribution in [1.82, 2.24) is 5.32 Å². The number of carbonyl (C=O) groups excluding carboxylic acids is 1. The maximum Gasteiger partial charge on any atom is 0.216 e. The van der Waals surface area contributed by atoms with E-state index < -0.39 is 0 Å². The Bertz CT molecular complexity index is 443. The number of hydrogen-bond acceptors (Lipinski definition) is 1. The first-order chi connectivity index (χ1) is 7.59. The highest BCUT2D eigenvalue weighted by Crippen LogP contribution is 2.15. The van der Waals surface area contributed by atoms with Crippen LogP contribution in [-0.2, 0) is 4.79 Å². The van der Waals surface area contributed by atoms with Crippen molar-refractivity contribution >= 4 is 17.5 Å². The van der Waals surface area contributed by atoms with Crippen LogP contribution in [0, 0.1) is 18.8 Å². The van der Waals surface area contributed by atoms with E-state index in [-0.39, 0.29) is 5.91 Å². The number of carbonyl (C=O) groups is 1. The Morgan fingerprint density at radius 2 is 2.25 bits per heavy atom. The molecule has 1 N–H and O–H groups in total. The largest absolute Gasteiger partial charge is 0.355 e. The molecule has 84 valence electrons. The summed E-state index contributed by atoms with van der Waals surface area (Å²) < 4.78 is 0. The van der Waals surface area contributed by atoms with Crippen molar-refractivity contribution in [3.05, 3.63) is 34.3 Å². The topological polar surface area (TPSA) is 29.1 Å². The fraction of sp³-hybridized carbons (Fsp3) is 0.308. The summed E-state index contributed by atoms with van der Waals surface area (Å²) in [5.41, 5.74) is 1.95. The average Bonchev–Trinajstić information content (AvgIpc) is 2.22. The molecule has 0 spiro atoms. The van der Waals surface area contributed by atoms with E-state index in [0.29, 0.717) is 13.0 Å². The van der Waals surface area contributed by atoms with Gasteiger partial charge in [-0.3, -0.25) is 4.79 Å². The molecule has 1 aromatic carbocycles. The molecule has 0 saturated heterocycles. The Labute approximate surface area is 101 Å². The van der Waals surface area contributed by atoms with Crippen LogP contribution in [0.2, 0.25) is 5.02 Å². The first kappa shape index (κ1) is 12.6. The highest BCUT2D eigenvalue weighted by atomic mass is 35.5. The summed E-state index contributed by atoms with van der Waals surface area (Å²) in [4.78, 5) is 10.6. The van der Waals surface area contributed by atoms with Crippen LogP contribution in [0.3, 0.4) is 0 Å². The molecule has 16 heavy (non-hydrogen) atoms. The monoisotopic (exact) mass is 235 g/mol. The quantitative estimate of drug-likeness (QED) is 0.620. The summed E-state index contributed by atoms with van der Waals surface area (Å²) >= 11 is 5.97. The summed E-state index contributed by atoms with van der Waals surface area (Å²) in [6.07, 6.45) is 0.644. The van der Waals surface area contributed by atoms with Crippen molar-refractivity contribution in [1.29, 1.82) is 0 Å². The minimum absolute atomic E-state index is 0.0276. The van der Waals surface area contributed by atoms with Gasteiger partial charge >= 0.3 is 0 Å². The molecule has 0 unspecified atom stereocenters. The molecule has 0 bridgehead atoms. The van der Waals surface area contributed by atoms with Crippen LogP contribution in [0.1, 0.15) is 24.5 Å². The SMILES string of the molecule is CC(=O)NCCC#Cc1ccc(C)c(Cl)c1. The van der Waals surface area contributed by atoms with Crippen molar-refractivity contribution in [3.8, 4) is 11.8 Å². The second-order valence-corrected chi connectivity index (χ2v) is 3.91. The normalized spacial score (nSPS) is 9.19. The molecular formula is C13H14ClNO. The van der Waals surface area contributed by atoms with Gasteiger partial charge in [0, 0.05) is 30.5 Å². The van der Waals surface area contributed by atoms with Gasteiger partial charge in [0.1, 0.15) is 0 Å². The summed E-state index contributed by atoms with van der Waals surface area (Å²) in [6.45, 7) is 4.03. The lowest BCUT2D eigenvalue weighted by Crippen LogP contribution is -2.20. The van der Waals surface area contributed by atoms with Crippen molar-refractivity contribution in [2.45, 2.75) is 20.3 Å². The number of amides is 1. The van der Waals surface area contributed by atoms with E-state index in [1.165, 1.54) is 6.92 Å². The molecule has 1 amide bonds. The number of aryl methyl sites for hydroxylation is 1. The molecule has 0 heterocycles. The van der Waals surface area contributed by atoms with Gasteiger partial charge in [0.2, 0.25) is 5.91 Å². The maximum absolute atomic E-state index is 10.6. The smallest absolute Gasteiger partial charge is 0.216 e. The first-order valence-electron chi connectivity index (χ1n) is 5.09. The van der Waals surface area contributed by atoms with Crippen LogP contribution in [-0.4, -0.2) is 12.5 Å². The van der Waals surface area contributed by atoms with Gasteiger partial charge in [0.25, 0.3) is 0 Å². The minimum Gasteiger partial charge on any atom is -0.355 e. The molecule has 0 aliphatic heterocycles. The summed E-state index contributed by atoms with van der Waals surface area (Å²) in [6, 6.07) is 5.73. The Morgan fingerprint density at radius 1 is 1.50 bits per heavy atom. The Balaban J connectivity index is 2.50. The van der Waals surface area contributed by atoms with Crippen LogP contribution in [0.15, 0.2) is 18.2 Å². The number of nitrogens with one attached hydrogen (secondary N) is 1. The third-order valence-corrected chi connectivity index (χ3v) is 2.44. The third kappa shape index (κ3) is 4.37. The predicted molar refractivity (Wildman–Crippen MR) is 66.4 cm³/mol. The standard InChI is InChI=1S/C13H14ClNO/c1-10-6-7-12(9-13(10)14)5-3-4-8-15-11(2)16/h6-7,9H,4,8H2,1-2H3,(H,15,16). The van der Waals surface area contributed by atoms with Gasteiger partial charge in [-0.05, 0) is 24.6 Å². The lowest BCUT2D eigenvalue weighted by atomic mass is 10.1. The number of hydrogen-bond donors (Lipinski definition) is 1. The molecule has 2 nitrogen and oxygen atoms in total. The molecule has 3 heteroatoms. The van der Waals surface area contributed by atoms with E-state index in [0.717, 1.165) is 16.1 Å². The van der Waals surface area contributed by atoms with Crippen LogP contribution < -0.4 is 5.32 Å². The van der Waals surface area contributed by atoms with E-state index in [2.05, 4.69) is 17.2 Å². The van der Waals surface area contributed by atoms with Crippen LogP contribution in [0.4, 0.5) is 0 Å². The van der Waals surface area contributed by atoms with Crippen molar-refractivity contribution in [2.24, 2.45) is 0 Å². The van der Waals surface area contributed by atoms with Gasteiger partial charge in [0.15, 0.2) is 0 Å². The molecule has 0 aliphatic rings. The fourth-order valence-corrected chi connectivity index (χ4v) is 1.32. The van der Waals surface area contributed by atoms with Gasteiger partial charge in [-0.2, -0.15) is 0 Å². The molecule has 0 aliphatic carbocycles. The van der Waals surface area contributed by atoms with Gasteiger partial charge in [-0.1, -0.05) is 29.5 Å². The zero-order valence-corrected chi connectivity index (χ0v) is 10.2. The maximum atomic E-state index is 10.6. The molecule has 0 radical (unpaired) electrons. The number of benzene rings is 1. The van der Waals surface area contributed by atoms with E-state index >= 15 is 0 Å². The fourth-order valence-electron chi connectivity index (χ4n) is 1.14. The van der Waals surface area contributed by atoms with E-state index in [9.17, 15) is 4.79 Å².